The van der Waals surface area contributed by atoms with Crippen molar-refractivity contribution in [3.8, 4) is 11.8 Å². The molecule has 188 valence electrons. The Morgan fingerprint density at radius 3 is 2.56 bits per heavy atom. The molecule has 0 atom stereocenters. The summed E-state index contributed by atoms with van der Waals surface area (Å²) in [5.41, 5.74) is 1.74. The number of benzene rings is 1. The maximum absolute atomic E-state index is 15.3. The van der Waals surface area contributed by atoms with Gasteiger partial charge in [0.1, 0.15) is 11.6 Å². The molecule has 5 rings (SSSR count). The topological polar surface area (TPSA) is 87.1 Å². The van der Waals surface area contributed by atoms with Crippen LogP contribution in [0.3, 0.4) is 0 Å². The maximum atomic E-state index is 15.3. The Morgan fingerprint density at radius 1 is 1.03 bits per heavy atom. The summed E-state index contributed by atoms with van der Waals surface area (Å²) in [6.45, 7) is 6.98. The summed E-state index contributed by atoms with van der Waals surface area (Å²) in [7, 11) is 3.76. The van der Waals surface area contributed by atoms with Crippen molar-refractivity contribution in [3.63, 3.8) is 0 Å². The van der Waals surface area contributed by atoms with Crippen molar-refractivity contribution in [3.05, 3.63) is 53.4 Å². The first-order valence-corrected chi connectivity index (χ1v) is 11.7. The summed E-state index contributed by atoms with van der Waals surface area (Å²) in [5, 5.41) is 10.5. The van der Waals surface area contributed by atoms with E-state index in [1.54, 1.807) is 30.7 Å². The molecule has 0 aliphatic carbocycles. The van der Waals surface area contributed by atoms with E-state index in [0.29, 0.717) is 17.5 Å². The largest absolute Gasteiger partial charge is 0.421 e. The Hall–Kier alpha value is -3.99. The molecule has 0 spiro atoms. The van der Waals surface area contributed by atoms with Gasteiger partial charge < -0.3 is 24.4 Å². The van der Waals surface area contributed by atoms with Gasteiger partial charge in [0.25, 0.3) is 0 Å². The minimum absolute atomic E-state index is 0.0940. The standard InChI is InChI=1S/C25H28F2N8O/c1-5-6-16-12-21(32-31-16)28-20-14-22(35-9-7-33(3)8-10-35)30-25(29-20)36-19-13-18(26)24-17(23(19)27)11-15(2)34(24)4/h5-6,11-14H,7-10H2,1-4H3,(H2,28,29,30,31,32)/b6-5-. The molecular weight excluding hydrogens is 466 g/mol. The minimum Gasteiger partial charge on any atom is -0.421 e. The molecule has 0 radical (unpaired) electrons. The van der Waals surface area contributed by atoms with Crippen LogP contribution in [0.5, 0.6) is 11.8 Å². The van der Waals surface area contributed by atoms with Gasteiger partial charge in [-0.3, -0.25) is 5.10 Å². The summed E-state index contributed by atoms with van der Waals surface area (Å²) in [6.07, 6.45) is 3.79. The Morgan fingerprint density at radius 2 is 1.81 bits per heavy atom. The van der Waals surface area contributed by atoms with E-state index in [-0.39, 0.29) is 22.7 Å². The van der Waals surface area contributed by atoms with Crippen LogP contribution in [-0.4, -0.2) is 62.9 Å². The van der Waals surface area contributed by atoms with Crippen molar-refractivity contribution >= 4 is 34.4 Å². The third-order valence-electron chi connectivity index (χ3n) is 6.33. The number of likely N-dealkylation sites (N-methyl/N-ethyl adjacent to an activating group) is 1. The molecule has 2 N–H and O–H groups in total. The Labute approximate surface area is 207 Å². The molecule has 1 saturated heterocycles. The number of halogens is 2. The highest BCUT2D eigenvalue weighted by Gasteiger charge is 2.21. The molecule has 0 amide bonds. The predicted octanol–water partition coefficient (Wildman–Crippen LogP) is 4.60. The van der Waals surface area contributed by atoms with Crippen LogP contribution in [0.4, 0.5) is 26.2 Å². The van der Waals surface area contributed by atoms with Crippen molar-refractivity contribution in [2.45, 2.75) is 13.8 Å². The SMILES string of the molecule is C/C=C\c1cc(Nc2cc(N3CCN(C)CC3)nc(Oc3cc(F)c4c(cc(C)n4C)c3F)n2)n[nH]1. The number of nitrogens with zero attached hydrogens (tertiary/aromatic N) is 6. The van der Waals surface area contributed by atoms with Crippen LogP contribution in [-0.2, 0) is 7.05 Å². The van der Waals surface area contributed by atoms with Gasteiger partial charge in [-0.2, -0.15) is 15.1 Å². The lowest BCUT2D eigenvalue weighted by Gasteiger charge is -2.33. The first-order valence-electron chi connectivity index (χ1n) is 11.7. The van der Waals surface area contributed by atoms with Gasteiger partial charge in [0.05, 0.1) is 11.2 Å². The number of rotatable bonds is 6. The molecule has 1 aromatic carbocycles. The lowest BCUT2D eigenvalue weighted by Crippen LogP contribution is -2.44. The van der Waals surface area contributed by atoms with E-state index in [0.717, 1.165) is 43.6 Å². The zero-order valence-electron chi connectivity index (χ0n) is 20.6. The molecular formula is C25H28F2N8O. The van der Waals surface area contributed by atoms with Crippen LogP contribution < -0.4 is 15.0 Å². The molecule has 1 aliphatic rings. The summed E-state index contributed by atoms with van der Waals surface area (Å²) in [5.74, 6) is 0.0695. The highest BCUT2D eigenvalue weighted by atomic mass is 19.1. The number of fused-ring (bicyclic) bond motifs is 1. The number of allylic oxidation sites excluding steroid dienone is 1. The average molecular weight is 495 g/mol. The number of hydrogen-bond donors (Lipinski definition) is 2. The van der Waals surface area contributed by atoms with Gasteiger partial charge in [0, 0.05) is 62.5 Å². The number of piperazine rings is 1. The molecule has 4 aromatic rings. The maximum Gasteiger partial charge on any atom is 0.326 e. The Balaban J connectivity index is 1.51. The fourth-order valence-electron chi connectivity index (χ4n) is 4.26. The van der Waals surface area contributed by atoms with E-state index >= 15 is 4.39 Å². The third kappa shape index (κ3) is 4.61. The predicted molar refractivity (Wildman–Crippen MR) is 136 cm³/mol. The molecule has 0 unspecified atom stereocenters. The van der Waals surface area contributed by atoms with Crippen molar-refractivity contribution in [1.29, 1.82) is 0 Å². The number of aromatic nitrogens is 5. The van der Waals surface area contributed by atoms with Crippen LogP contribution in [0, 0.1) is 18.6 Å². The molecule has 36 heavy (non-hydrogen) atoms. The normalized spacial score (nSPS) is 14.8. The van der Waals surface area contributed by atoms with E-state index in [9.17, 15) is 4.39 Å². The van der Waals surface area contributed by atoms with Crippen LogP contribution in [0.2, 0.25) is 0 Å². The lowest BCUT2D eigenvalue weighted by molar-refractivity contribution is 0.311. The molecule has 0 bridgehead atoms. The van der Waals surface area contributed by atoms with E-state index in [2.05, 4.69) is 42.3 Å². The minimum atomic E-state index is -0.665. The molecule has 9 nitrogen and oxygen atoms in total. The van der Waals surface area contributed by atoms with E-state index in [1.807, 2.05) is 25.1 Å². The Kier molecular flexibility index (Phi) is 6.31. The van der Waals surface area contributed by atoms with Gasteiger partial charge in [0.15, 0.2) is 23.2 Å². The quantitative estimate of drug-likeness (QED) is 0.405. The smallest absolute Gasteiger partial charge is 0.326 e. The van der Waals surface area contributed by atoms with Crippen molar-refractivity contribution in [2.24, 2.45) is 7.05 Å². The van der Waals surface area contributed by atoms with Crippen LogP contribution in [0.15, 0.2) is 30.3 Å². The first-order chi connectivity index (χ1) is 17.3. The molecule has 1 aliphatic heterocycles. The average Bonchev–Trinajstić information content (AvgIpc) is 3.41. The molecule has 1 fully saturated rings. The second-order valence-electron chi connectivity index (χ2n) is 8.90. The van der Waals surface area contributed by atoms with Crippen LogP contribution in [0.1, 0.15) is 18.3 Å². The van der Waals surface area contributed by atoms with Crippen LogP contribution >= 0.6 is 0 Å². The summed E-state index contributed by atoms with van der Waals surface area (Å²) in [6, 6.07) is 6.16. The molecule has 3 aromatic heterocycles. The monoisotopic (exact) mass is 494 g/mol. The number of ether oxygens (including phenoxy) is 1. The number of aromatic amines is 1. The lowest BCUT2D eigenvalue weighted by atomic mass is 10.2. The fraction of sp³-hybridized carbons (Fsp3) is 0.320. The zero-order chi connectivity index (χ0) is 25.4. The number of H-pyrrole nitrogens is 1. The zero-order valence-corrected chi connectivity index (χ0v) is 20.6. The van der Waals surface area contributed by atoms with Gasteiger partial charge >= 0.3 is 6.01 Å². The van der Waals surface area contributed by atoms with Gasteiger partial charge in [-0.15, -0.1) is 0 Å². The highest BCUT2D eigenvalue weighted by Crippen LogP contribution is 2.34. The van der Waals surface area contributed by atoms with Crippen molar-refractivity contribution < 1.29 is 13.5 Å². The number of nitrogens with one attached hydrogen (secondary N) is 2. The molecule has 0 saturated carbocycles. The summed E-state index contributed by atoms with van der Waals surface area (Å²) in [4.78, 5) is 13.3. The second-order valence-corrected chi connectivity index (χ2v) is 8.90. The van der Waals surface area contributed by atoms with E-state index < -0.39 is 11.6 Å². The molecule has 11 heteroatoms. The number of hydrogen-bond acceptors (Lipinski definition) is 7. The van der Waals surface area contributed by atoms with Crippen molar-refractivity contribution in [2.75, 3.05) is 43.4 Å². The van der Waals surface area contributed by atoms with Gasteiger partial charge in [-0.1, -0.05) is 6.08 Å². The fourth-order valence-corrected chi connectivity index (χ4v) is 4.26. The highest BCUT2D eigenvalue weighted by molar-refractivity contribution is 5.84. The third-order valence-corrected chi connectivity index (χ3v) is 6.33. The first kappa shape index (κ1) is 23.7. The number of anilines is 3. The summed E-state index contributed by atoms with van der Waals surface area (Å²) < 4.78 is 37.6. The summed E-state index contributed by atoms with van der Waals surface area (Å²) >= 11 is 0. The molecule has 4 heterocycles. The van der Waals surface area contributed by atoms with Gasteiger partial charge in [-0.05, 0) is 33.0 Å². The van der Waals surface area contributed by atoms with Crippen molar-refractivity contribution in [1.82, 2.24) is 29.6 Å². The number of aryl methyl sites for hydroxylation is 2. The van der Waals surface area contributed by atoms with E-state index in [4.69, 9.17) is 4.74 Å². The van der Waals surface area contributed by atoms with Gasteiger partial charge in [0.2, 0.25) is 0 Å². The second kappa shape index (κ2) is 9.57. The van der Waals surface area contributed by atoms with E-state index in [1.165, 1.54) is 0 Å². The Bertz CT molecular complexity index is 1440. The van der Waals surface area contributed by atoms with Crippen LogP contribution in [0.25, 0.3) is 17.0 Å². The van der Waals surface area contributed by atoms with Gasteiger partial charge in [-0.25, -0.2) is 8.78 Å².